The van der Waals surface area contributed by atoms with Crippen LogP contribution in [-0.2, 0) is 14.4 Å². The number of rotatable bonds is 5. The summed E-state index contributed by atoms with van der Waals surface area (Å²) in [5.74, 6) is -2.17. The minimum atomic E-state index is -0.952. The molecule has 0 spiro atoms. The Labute approximate surface area is 94.6 Å². The summed E-state index contributed by atoms with van der Waals surface area (Å²) >= 11 is 0. The first-order valence-electron chi connectivity index (χ1n) is 5.00. The minimum Gasteiger partial charge on any atom is -0.481 e. The van der Waals surface area contributed by atoms with Gasteiger partial charge in [-0.2, -0.15) is 0 Å². The highest BCUT2D eigenvalue weighted by molar-refractivity contribution is 5.86. The zero-order chi connectivity index (χ0) is 12.9. The SMILES string of the molecule is CC(=O)NC(C)C(=O)N(C)CC(C)C(=O)O. The molecule has 16 heavy (non-hydrogen) atoms. The van der Waals surface area contributed by atoms with Gasteiger partial charge in [-0.15, -0.1) is 0 Å². The van der Waals surface area contributed by atoms with E-state index in [-0.39, 0.29) is 18.4 Å². The number of carbonyl (C=O) groups is 3. The Morgan fingerprint density at radius 3 is 2.19 bits per heavy atom. The molecule has 0 aliphatic rings. The van der Waals surface area contributed by atoms with Crippen molar-refractivity contribution in [3.8, 4) is 0 Å². The van der Waals surface area contributed by atoms with Crippen molar-refractivity contribution in [3.63, 3.8) is 0 Å². The molecule has 2 unspecified atom stereocenters. The van der Waals surface area contributed by atoms with Gasteiger partial charge in [0.25, 0.3) is 0 Å². The Kier molecular flexibility index (Phi) is 5.49. The number of amides is 2. The first-order chi connectivity index (χ1) is 7.25. The summed E-state index contributed by atoms with van der Waals surface area (Å²) in [6.07, 6.45) is 0. The maximum atomic E-state index is 11.7. The number of carbonyl (C=O) groups excluding carboxylic acids is 2. The zero-order valence-electron chi connectivity index (χ0n) is 9.98. The van der Waals surface area contributed by atoms with Crippen LogP contribution in [0.1, 0.15) is 20.8 Å². The predicted octanol–water partition coefficient (Wildman–Crippen LogP) is -0.310. The van der Waals surface area contributed by atoms with E-state index in [9.17, 15) is 14.4 Å². The van der Waals surface area contributed by atoms with Crippen LogP contribution in [0.5, 0.6) is 0 Å². The molecule has 0 aromatic rings. The van der Waals surface area contributed by atoms with Crippen LogP contribution in [0.3, 0.4) is 0 Å². The van der Waals surface area contributed by atoms with E-state index in [0.29, 0.717) is 0 Å². The fourth-order valence-electron chi connectivity index (χ4n) is 1.28. The van der Waals surface area contributed by atoms with E-state index in [4.69, 9.17) is 5.11 Å². The van der Waals surface area contributed by atoms with Gasteiger partial charge < -0.3 is 15.3 Å². The first-order valence-corrected chi connectivity index (χ1v) is 5.00. The number of hydrogen-bond donors (Lipinski definition) is 2. The fraction of sp³-hybridized carbons (Fsp3) is 0.700. The number of nitrogens with one attached hydrogen (secondary N) is 1. The van der Waals surface area contributed by atoms with Crippen LogP contribution >= 0.6 is 0 Å². The molecular formula is C10H18N2O4. The van der Waals surface area contributed by atoms with Gasteiger partial charge in [0.1, 0.15) is 6.04 Å². The van der Waals surface area contributed by atoms with Gasteiger partial charge in [0.05, 0.1) is 5.92 Å². The van der Waals surface area contributed by atoms with Gasteiger partial charge in [0, 0.05) is 20.5 Å². The van der Waals surface area contributed by atoms with Gasteiger partial charge in [0.2, 0.25) is 11.8 Å². The molecule has 0 radical (unpaired) electrons. The molecule has 0 fully saturated rings. The minimum absolute atomic E-state index is 0.123. The standard InChI is InChI=1S/C10H18N2O4/c1-6(10(15)16)5-12(4)9(14)7(2)11-8(3)13/h6-7H,5H2,1-4H3,(H,11,13)(H,15,16). The molecular weight excluding hydrogens is 212 g/mol. The highest BCUT2D eigenvalue weighted by atomic mass is 16.4. The summed E-state index contributed by atoms with van der Waals surface area (Å²) in [5.41, 5.74) is 0. The number of hydrogen-bond acceptors (Lipinski definition) is 3. The van der Waals surface area contributed by atoms with Crippen molar-refractivity contribution in [1.29, 1.82) is 0 Å². The molecule has 6 heteroatoms. The summed E-state index contributed by atoms with van der Waals surface area (Å²) < 4.78 is 0. The average molecular weight is 230 g/mol. The van der Waals surface area contributed by atoms with Crippen molar-refractivity contribution in [3.05, 3.63) is 0 Å². The lowest BCUT2D eigenvalue weighted by atomic mass is 10.1. The monoisotopic (exact) mass is 230 g/mol. The van der Waals surface area contributed by atoms with Crippen molar-refractivity contribution in [2.45, 2.75) is 26.8 Å². The second kappa shape index (κ2) is 6.09. The molecule has 2 amide bonds. The molecule has 0 saturated heterocycles. The number of likely N-dealkylation sites (N-methyl/N-ethyl adjacent to an activating group) is 1. The van der Waals surface area contributed by atoms with Crippen LogP contribution in [0.15, 0.2) is 0 Å². The van der Waals surface area contributed by atoms with Crippen LogP contribution < -0.4 is 5.32 Å². The molecule has 0 bridgehead atoms. The van der Waals surface area contributed by atoms with Crippen molar-refractivity contribution in [2.24, 2.45) is 5.92 Å². The molecule has 2 N–H and O–H groups in total. The van der Waals surface area contributed by atoms with Gasteiger partial charge >= 0.3 is 5.97 Å². The number of carboxylic acids is 1. The maximum absolute atomic E-state index is 11.7. The number of carboxylic acid groups (broad SMARTS) is 1. The maximum Gasteiger partial charge on any atom is 0.308 e. The van der Waals surface area contributed by atoms with E-state index in [1.807, 2.05) is 0 Å². The smallest absolute Gasteiger partial charge is 0.308 e. The highest BCUT2D eigenvalue weighted by Crippen LogP contribution is 2.00. The molecule has 0 heterocycles. The summed E-state index contributed by atoms with van der Waals surface area (Å²) in [7, 11) is 1.51. The molecule has 0 aromatic heterocycles. The average Bonchev–Trinajstić information content (AvgIpc) is 2.14. The lowest BCUT2D eigenvalue weighted by molar-refractivity contribution is -0.143. The number of aliphatic carboxylic acids is 1. The topological polar surface area (TPSA) is 86.7 Å². The van der Waals surface area contributed by atoms with E-state index in [0.717, 1.165) is 0 Å². The summed E-state index contributed by atoms with van der Waals surface area (Å²) in [4.78, 5) is 34.3. The lowest BCUT2D eigenvalue weighted by Gasteiger charge is -2.23. The molecule has 92 valence electrons. The molecule has 0 aromatic carbocycles. The number of nitrogens with zero attached hydrogens (tertiary/aromatic N) is 1. The largest absolute Gasteiger partial charge is 0.481 e. The molecule has 0 aliphatic carbocycles. The quantitative estimate of drug-likeness (QED) is 0.678. The van der Waals surface area contributed by atoms with E-state index in [2.05, 4.69) is 5.32 Å². The third-order valence-electron chi connectivity index (χ3n) is 2.14. The summed E-state index contributed by atoms with van der Waals surface area (Å²) in [6.45, 7) is 4.53. The lowest BCUT2D eigenvalue weighted by Crippen LogP contribution is -2.46. The predicted molar refractivity (Wildman–Crippen MR) is 57.7 cm³/mol. The summed E-state index contributed by atoms with van der Waals surface area (Å²) in [5, 5.41) is 11.1. The van der Waals surface area contributed by atoms with E-state index >= 15 is 0 Å². The van der Waals surface area contributed by atoms with Crippen LogP contribution in [0.2, 0.25) is 0 Å². The molecule has 0 saturated carbocycles. The van der Waals surface area contributed by atoms with Gasteiger partial charge in [-0.3, -0.25) is 14.4 Å². The Balaban J connectivity index is 4.27. The Morgan fingerprint density at radius 1 is 1.31 bits per heavy atom. The van der Waals surface area contributed by atoms with Crippen molar-refractivity contribution in [2.75, 3.05) is 13.6 Å². The summed E-state index contributed by atoms with van der Waals surface area (Å²) in [6, 6.07) is -0.636. The van der Waals surface area contributed by atoms with Crippen molar-refractivity contribution in [1.82, 2.24) is 10.2 Å². The van der Waals surface area contributed by atoms with E-state index in [1.165, 1.54) is 25.8 Å². The Hall–Kier alpha value is -1.59. The second-order valence-corrected chi connectivity index (χ2v) is 3.88. The molecule has 0 aliphatic heterocycles. The van der Waals surface area contributed by atoms with Gasteiger partial charge in [0.15, 0.2) is 0 Å². The molecule has 6 nitrogen and oxygen atoms in total. The van der Waals surface area contributed by atoms with Gasteiger partial charge in [-0.05, 0) is 6.92 Å². The zero-order valence-corrected chi connectivity index (χ0v) is 9.98. The van der Waals surface area contributed by atoms with Crippen molar-refractivity contribution < 1.29 is 19.5 Å². The first kappa shape index (κ1) is 14.4. The Bertz CT molecular complexity index is 291. The fourth-order valence-corrected chi connectivity index (χ4v) is 1.28. The van der Waals surface area contributed by atoms with Crippen LogP contribution in [0, 0.1) is 5.92 Å². The third kappa shape index (κ3) is 4.77. The van der Waals surface area contributed by atoms with Gasteiger partial charge in [-0.1, -0.05) is 6.92 Å². The van der Waals surface area contributed by atoms with E-state index < -0.39 is 17.9 Å². The van der Waals surface area contributed by atoms with Crippen LogP contribution in [0.4, 0.5) is 0 Å². The molecule has 0 rings (SSSR count). The van der Waals surface area contributed by atoms with Crippen LogP contribution in [-0.4, -0.2) is 47.4 Å². The Morgan fingerprint density at radius 2 is 1.81 bits per heavy atom. The van der Waals surface area contributed by atoms with Crippen molar-refractivity contribution >= 4 is 17.8 Å². The molecule has 2 atom stereocenters. The normalized spacial score (nSPS) is 13.8. The van der Waals surface area contributed by atoms with E-state index in [1.54, 1.807) is 6.92 Å². The second-order valence-electron chi connectivity index (χ2n) is 3.88. The van der Waals surface area contributed by atoms with Gasteiger partial charge in [-0.25, -0.2) is 0 Å². The van der Waals surface area contributed by atoms with Crippen LogP contribution in [0.25, 0.3) is 0 Å². The third-order valence-corrected chi connectivity index (χ3v) is 2.14. The highest BCUT2D eigenvalue weighted by Gasteiger charge is 2.21.